The van der Waals surface area contributed by atoms with Gasteiger partial charge in [0, 0.05) is 5.92 Å². The van der Waals surface area contributed by atoms with E-state index in [1.54, 1.807) is 6.08 Å². The first-order chi connectivity index (χ1) is 7.97. The fraction of sp³-hybridized carbons (Fsp3) is 0.692. The first-order valence-electron chi connectivity index (χ1n) is 6.03. The van der Waals surface area contributed by atoms with Crippen LogP contribution in [0.25, 0.3) is 0 Å². The van der Waals surface area contributed by atoms with Crippen molar-refractivity contribution in [3.8, 4) is 0 Å². The van der Waals surface area contributed by atoms with Crippen molar-refractivity contribution >= 4 is 10.1 Å². The highest BCUT2D eigenvalue weighted by atomic mass is 32.2. The van der Waals surface area contributed by atoms with Gasteiger partial charge in [-0.25, -0.2) is 0 Å². The predicted molar refractivity (Wildman–Crippen MR) is 71.6 cm³/mol. The van der Waals surface area contributed by atoms with E-state index < -0.39 is 15.1 Å². The molecule has 0 aromatic carbocycles. The van der Waals surface area contributed by atoms with E-state index in [0.717, 1.165) is 31.4 Å². The molecule has 104 valence electrons. The van der Waals surface area contributed by atoms with Crippen LogP contribution in [-0.2, 0) is 10.1 Å². The molecule has 0 saturated carbocycles. The summed E-state index contributed by atoms with van der Waals surface area (Å²) in [7, 11) is -4.51. The van der Waals surface area contributed by atoms with Gasteiger partial charge in [0.2, 0.25) is 4.93 Å². The monoisotopic (exact) mass is 274 g/mol. The topological polar surface area (TPSA) is 74.6 Å². The minimum Gasteiger partial charge on any atom is -0.370 e. The average molecular weight is 274 g/mol. The van der Waals surface area contributed by atoms with Crippen LogP contribution in [-0.4, -0.2) is 23.0 Å². The van der Waals surface area contributed by atoms with Gasteiger partial charge in [-0.05, 0) is 38.2 Å². The largest absolute Gasteiger partial charge is 0.370 e. The highest BCUT2D eigenvalue weighted by Gasteiger charge is 2.35. The molecule has 0 aliphatic heterocycles. The molecule has 0 fully saturated rings. The Labute approximate surface area is 109 Å². The molecule has 4 nitrogen and oxygen atoms in total. The van der Waals surface area contributed by atoms with E-state index in [1.165, 1.54) is 0 Å². The number of allylic oxidation sites excluding steroid dienone is 3. The second-order valence-corrected chi connectivity index (χ2v) is 7.62. The van der Waals surface area contributed by atoms with Crippen LogP contribution in [0.3, 0.4) is 0 Å². The Balaban J connectivity index is 3.03. The van der Waals surface area contributed by atoms with Crippen molar-refractivity contribution in [1.82, 2.24) is 0 Å². The summed E-state index contributed by atoms with van der Waals surface area (Å²) in [6.07, 6.45) is 6.99. The minimum absolute atomic E-state index is 0.0185. The lowest BCUT2D eigenvalue weighted by atomic mass is 9.68. The van der Waals surface area contributed by atoms with Gasteiger partial charge in [-0.3, -0.25) is 4.55 Å². The Morgan fingerprint density at radius 3 is 2.50 bits per heavy atom. The Morgan fingerprint density at radius 2 is 2.06 bits per heavy atom. The smallest absolute Gasteiger partial charge is 0.298 e. The van der Waals surface area contributed by atoms with Crippen molar-refractivity contribution in [2.24, 2.45) is 11.3 Å². The van der Waals surface area contributed by atoms with E-state index >= 15 is 0 Å². The summed E-state index contributed by atoms with van der Waals surface area (Å²) in [4.78, 5) is -2.24. The van der Waals surface area contributed by atoms with Gasteiger partial charge in [-0.1, -0.05) is 31.6 Å². The molecule has 0 radical (unpaired) electrons. The van der Waals surface area contributed by atoms with E-state index in [9.17, 15) is 13.5 Å². The van der Waals surface area contributed by atoms with Gasteiger partial charge in [-0.15, -0.1) is 0 Å². The standard InChI is InChI=1S/C13H22O4S/c1-10-6-5-8-12(2,3)11(10)7-9-13(4,14)18(15,16)17/h6-7,9,11,14H,5,8H2,1-4H3,(H,15,16,17)/b9-7+. The molecule has 0 aromatic rings. The third-order valence-corrected chi connectivity index (χ3v) is 4.89. The van der Waals surface area contributed by atoms with E-state index in [2.05, 4.69) is 19.9 Å². The van der Waals surface area contributed by atoms with E-state index in [-0.39, 0.29) is 11.3 Å². The lowest BCUT2D eigenvalue weighted by molar-refractivity contribution is 0.178. The lowest BCUT2D eigenvalue weighted by Gasteiger charge is -2.37. The molecular weight excluding hydrogens is 252 g/mol. The van der Waals surface area contributed by atoms with E-state index in [4.69, 9.17) is 4.55 Å². The van der Waals surface area contributed by atoms with E-state index in [0.29, 0.717) is 0 Å². The highest BCUT2D eigenvalue weighted by Crippen LogP contribution is 2.41. The molecule has 2 atom stereocenters. The molecule has 0 saturated heterocycles. The van der Waals surface area contributed by atoms with Crippen LogP contribution >= 0.6 is 0 Å². The molecule has 0 aromatic heterocycles. The third-order valence-electron chi connectivity index (χ3n) is 3.71. The molecule has 18 heavy (non-hydrogen) atoms. The predicted octanol–water partition coefficient (Wildman–Crippen LogP) is 2.52. The molecule has 0 bridgehead atoms. The summed E-state index contributed by atoms with van der Waals surface area (Å²) in [5.74, 6) is 0.0690. The normalized spacial score (nSPS) is 27.9. The maximum Gasteiger partial charge on any atom is 0.298 e. The molecule has 0 heterocycles. The minimum atomic E-state index is -4.51. The van der Waals surface area contributed by atoms with Crippen molar-refractivity contribution in [3.05, 3.63) is 23.8 Å². The van der Waals surface area contributed by atoms with Gasteiger partial charge in [-0.2, -0.15) is 8.42 Å². The molecule has 1 aliphatic carbocycles. The fourth-order valence-electron chi connectivity index (χ4n) is 2.34. The Morgan fingerprint density at radius 1 is 1.50 bits per heavy atom. The van der Waals surface area contributed by atoms with Gasteiger partial charge in [0.05, 0.1) is 0 Å². The molecule has 0 spiro atoms. The molecule has 5 heteroatoms. The molecule has 2 N–H and O–H groups in total. The summed E-state index contributed by atoms with van der Waals surface area (Å²) in [6.45, 7) is 7.28. The fourth-order valence-corrected chi connectivity index (χ4v) is 2.59. The van der Waals surface area contributed by atoms with E-state index in [1.807, 2.05) is 6.92 Å². The molecule has 2 unspecified atom stereocenters. The van der Waals surface area contributed by atoms with Crippen LogP contribution in [0.5, 0.6) is 0 Å². The summed E-state index contributed by atoms with van der Waals surface area (Å²) in [6, 6.07) is 0. The van der Waals surface area contributed by atoms with Crippen molar-refractivity contribution < 1.29 is 18.1 Å². The highest BCUT2D eigenvalue weighted by molar-refractivity contribution is 7.87. The van der Waals surface area contributed by atoms with Crippen LogP contribution in [0.4, 0.5) is 0 Å². The van der Waals surface area contributed by atoms with Crippen molar-refractivity contribution in [3.63, 3.8) is 0 Å². The Hall–Kier alpha value is -0.650. The van der Waals surface area contributed by atoms with Gasteiger partial charge in [0.15, 0.2) is 0 Å². The van der Waals surface area contributed by atoms with Crippen molar-refractivity contribution in [2.75, 3.05) is 0 Å². The van der Waals surface area contributed by atoms with Crippen LogP contribution in [0.1, 0.15) is 40.5 Å². The third kappa shape index (κ3) is 3.22. The number of hydrogen-bond acceptors (Lipinski definition) is 3. The molecular formula is C13H22O4S. The first-order valence-corrected chi connectivity index (χ1v) is 7.47. The van der Waals surface area contributed by atoms with Crippen molar-refractivity contribution in [1.29, 1.82) is 0 Å². The second-order valence-electron chi connectivity index (χ2n) is 5.84. The van der Waals surface area contributed by atoms with Crippen molar-refractivity contribution in [2.45, 2.75) is 45.5 Å². The first kappa shape index (κ1) is 15.4. The second kappa shape index (κ2) is 4.79. The van der Waals surface area contributed by atoms with Gasteiger partial charge >= 0.3 is 0 Å². The zero-order valence-electron chi connectivity index (χ0n) is 11.3. The molecule has 1 rings (SSSR count). The summed E-state index contributed by atoms with van der Waals surface area (Å²) in [5, 5.41) is 9.69. The van der Waals surface area contributed by atoms with Crippen LogP contribution < -0.4 is 0 Å². The number of rotatable bonds is 3. The van der Waals surface area contributed by atoms with Gasteiger partial charge < -0.3 is 5.11 Å². The lowest BCUT2D eigenvalue weighted by Crippen LogP contribution is -2.33. The summed E-state index contributed by atoms with van der Waals surface area (Å²) in [5.41, 5.74) is 1.18. The van der Waals surface area contributed by atoms with Crippen LogP contribution in [0, 0.1) is 11.3 Å². The summed E-state index contributed by atoms with van der Waals surface area (Å²) >= 11 is 0. The van der Waals surface area contributed by atoms with Gasteiger partial charge in [0.25, 0.3) is 10.1 Å². The Bertz CT molecular complexity index is 469. The zero-order valence-corrected chi connectivity index (χ0v) is 12.2. The number of aliphatic hydroxyl groups is 1. The van der Waals surface area contributed by atoms with Crippen LogP contribution in [0.15, 0.2) is 23.8 Å². The average Bonchev–Trinajstić information content (AvgIpc) is 2.13. The molecule has 0 amide bonds. The summed E-state index contributed by atoms with van der Waals surface area (Å²) < 4.78 is 30.9. The maximum atomic E-state index is 11.0. The quantitative estimate of drug-likeness (QED) is 0.612. The zero-order chi connectivity index (χ0) is 14.2. The maximum absolute atomic E-state index is 11.0. The van der Waals surface area contributed by atoms with Gasteiger partial charge in [0.1, 0.15) is 0 Å². The molecule has 1 aliphatic rings. The number of hydrogen-bond donors (Lipinski definition) is 2. The van der Waals surface area contributed by atoms with Crippen LogP contribution in [0.2, 0.25) is 0 Å². The Kier molecular flexibility index (Phi) is 4.10. The SMILES string of the molecule is CC1=CCCC(C)(C)C1/C=C/C(C)(O)S(=O)(=O)O.